The van der Waals surface area contributed by atoms with Crippen LogP contribution in [0.3, 0.4) is 0 Å². The predicted octanol–water partition coefficient (Wildman–Crippen LogP) is 2.81. The summed E-state index contributed by atoms with van der Waals surface area (Å²) in [7, 11) is 1.41. The fraction of sp³-hybridized carbons (Fsp3) is 0.0714. The molecule has 6 heteroatoms. The first-order valence-electron chi connectivity index (χ1n) is 5.70. The minimum Gasteiger partial charge on any atom is -0.496 e. The van der Waals surface area contributed by atoms with Crippen LogP contribution in [0.2, 0.25) is 0 Å². The first kappa shape index (κ1) is 13.8. The molecule has 0 aliphatic heterocycles. The van der Waals surface area contributed by atoms with Crippen LogP contribution in [0.15, 0.2) is 36.4 Å². The topological polar surface area (TPSA) is 64.3 Å². The highest BCUT2D eigenvalue weighted by Crippen LogP contribution is 2.23. The largest absolute Gasteiger partial charge is 0.496 e. The van der Waals surface area contributed by atoms with Gasteiger partial charge in [-0.2, -0.15) is 0 Å². The summed E-state index contributed by atoms with van der Waals surface area (Å²) in [4.78, 5) is 12.1. The van der Waals surface area contributed by atoms with E-state index in [-0.39, 0.29) is 11.3 Å². The number of hydrogen-bond acceptors (Lipinski definition) is 3. The first-order valence-corrected chi connectivity index (χ1v) is 5.70. The molecule has 104 valence electrons. The molecule has 0 unspecified atom stereocenters. The summed E-state index contributed by atoms with van der Waals surface area (Å²) >= 11 is 0. The molecule has 0 atom stereocenters. The van der Waals surface area contributed by atoms with Crippen LogP contribution in [0.5, 0.6) is 5.75 Å². The molecule has 0 heterocycles. The summed E-state index contributed by atoms with van der Waals surface area (Å²) < 4.78 is 31.2. The molecular weight excluding hydrogens is 266 g/mol. The van der Waals surface area contributed by atoms with Gasteiger partial charge in [0, 0.05) is 17.4 Å². The van der Waals surface area contributed by atoms with Crippen LogP contribution in [0.25, 0.3) is 0 Å². The smallest absolute Gasteiger partial charge is 0.259 e. The molecular formula is C14H12F2N2O2. The average Bonchev–Trinajstić information content (AvgIpc) is 2.37. The second-order valence-electron chi connectivity index (χ2n) is 4.07. The Morgan fingerprint density at radius 1 is 1.15 bits per heavy atom. The van der Waals surface area contributed by atoms with Crippen LogP contribution < -0.4 is 15.8 Å². The molecule has 0 aliphatic rings. The third-order valence-electron chi connectivity index (χ3n) is 2.59. The summed E-state index contributed by atoms with van der Waals surface area (Å²) in [6.07, 6.45) is 0. The molecule has 2 rings (SSSR count). The Bertz CT molecular complexity index is 639. The van der Waals surface area contributed by atoms with Gasteiger partial charge in [-0.15, -0.1) is 0 Å². The van der Waals surface area contributed by atoms with Gasteiger partial charge in [-0.3, -0.25) is 4.79 Å². The lowest BCUT2D eigenvalue weighted by atomic mass is 10.1. The molecule has 0 radical (unpaired) electrons. The van der Waals surface area contributed by atoms with E-state index in [1.807, 2.05) is 0 Å². The Hall–Kier alpha value is -2.63. The molecule has 0 aromatic heterocycles. The number of amides is 1. The van der Waals surface area contributed by atoms with Crippen molar-refractivity contribution in [2.24, 2.45) is 0 Å². The molecule has 2 aromatic rings. The molecule has 3 N–H and O–H groups in total. The monoisotopic (exact) mass is 278 g/mol. The lowest BCUT2D eigenvalue weighted by Crippen LogP contribution is -2.14. The molecule has 0 bridgehead atoms. The number of halogens is 2. The number of anilines is 2. The molecule has 0 saturated carbocycles. The van der Waals surface area contributed by atoms with E-state index in [1.165, 1.54) is 19.2 Å². The number of nitrogens with two attached hydrogens (primary N) is 1. The second kappa shape index (κ2) is 5.56. The zero-order valence-electron chi connectivity index (χ0n) is 10.6. The first-order chi connectivity index (χ1) is 9.49. The van der Waals surface area contributed by atoms with Crippen LogP contribution in [0, 0.1) is 11.6 Å². The zero-order valence-corrected chi connectivity index (χ0v) is 10.6. The number of ether oxygens (including phenoxy) is 1. The summed E-state index contributed by atoms with van der Waals surface area (Å²) in [5.41, 5.74) is 6.17. The predicted molar refractivity (Wildman–Crippen MR) is 71.7 cm³/mol. The Labute approximate surface area is 114 Å². The number of hydrogen-bond donors (Lipinski definition) is 2. The fourth-order valence-corrected chi connectivity index (χ4v) is 1.73. The highest BCUT2D eigenvalue weighted by molar-refractivity contribution is 6.06. The van der Waals surface area contributed by atoms with Gasteiger partial charge in [0.25, 0.3) is 5.91 Å². The van der Waals surface area contributed by atoms with Gasteiger partial charge in [0.1, 0.15) is 17.4 Å². The minimum absolute atomic E-state index is 0.0111. The van der Waals surface area contributed by atoms with Gasteiger partial charge in [0.2, 0.25) is 0 Å². The van der Waals surface area contributed by atoms with Crippen molar-refractivity contribution in [3.63, 3.8) is 0 Å². The number of nitrogen functional groups attached to an aromatic ring is 1. The van der Waals surface area contributed by atoms with Gasteiger partial charge in [0.15, 0.2) is 0 Å². The van der Waals surface area contributed by atoms with E-state index in [9.17, 15) is 13.6 Å². The van der Waals surface area contributed by atoms with E-state index in [0.717, 1.165) is 18.2 Å². The molecule has 2 aromatic carbocycles. The van der Waals surface area contributed by atoms with Crippen molar-refractivity contribution in [3.05, 3.63) is 53.6 Å². The number of rotatable bonds is 3. The van der Waals surface area contributed by atoms with E-state index < -0.39 is 17.5 Å². The number of carbonyl (C=O) groups excluding carboxylic acids is 1. The van der Waals surface area contributed by atoms with Crippen molar-refractivity contribution in [1.82, 2.24) is 0 Å². The van der Waals surface area contributed by atoms with E-state index in [2.05, 4.69) is 5.32 Å². The molecule has 20 heavy (non-hydrogen) atoms. The van der Waals surface area contributed by atoms with Gasteiger partial charge in [-0.1, -0.05) is 0 Å². The molecule has 0 saturated heterocycles. The standard InChI is InChI=1S/C14H12F2N2O2/c1-20-13-3-2-10(17)7-12(13)14(19)18-11-5-8(15)4-9(16)6-11/h2-7H,17H2,1H3,(H,18,19). The lowest BCUT2D eigenvalue weighted by Gasteiger charge is -2.10. The number of carbonyl (C=O) groups is 1. The van der Waals surface area contributed by atoms with Crippen molar-refractivity contribution in [2.45, 2.75) is 0 Å². The molecule has 0 fully saturated rings. The van der Waals surface area contributed by atoms with Gasteiger partial charge in [-0.05, 0) is 30.3 Å². The number of nitrogens with one attached hydrogen (secondary N) is 1. The fourth-order valence-electron chi connectivity index (χ4n) is 1.73. The van der Waals surface area contributed by atoms with Crippen LogP contribution >= 0.6 is 0 Å². The van der Waals surface area contributed by atoms with E-state index in [4.69, 9.17) is 10.5 Å². The maximum Gasteiger partial charge on any atom is 0.259 e. The average molecular weight is 278 g/mol. The van der Waals surface area contributed by atoms with Crippen molar-refractivity contribution < 1.29 is 18.3 Å². The van der Waals surface area contributed by atoms with Gasteiger partial charge in [0.05, 0.1) is 12.7 Å². The van der Waals surface area contributed by atoms with Gasteiger partial charge >= 0.3 is 0 Å². The third kappa shape index (κ3) is 3.03. The zero-order chi connectivity index (χ0) is 14.7. The highest BCUT2D eigenvalue weighted by Gasteiger charge is 2.13. The van der Waals surface area contributed by atoms with Crippen LogP contribution in [-0.2, 0) is 0 Å². The molecule has 0 spiro atoms. The van der Waals surface area contributed by atoms with Crippen molar-refractivity contribution in [2.75, 3.05) is 18.2 Å². The summed E-state index contributed by atoms with van der Waals surface area (Å²) in [6.45, 7) is 0. The van der Waals surface area contributed by atoms with Crippen molar-refractivity contribution in [3.8, 4) is 5.75 Å². The van der Waals surface area contributed by atoms with Crippen LogP contribution in [0.4, 0.5) is 20.2 Å². The number of methoxy groups -OCH3 is 1. The van der Waals surface area contributed by atoms with Crippen molar-refractivity contribution in [1.29, 1.82) is 0 Å². The van der Waals surface area contributed by atoms with Crippen LogP contribution in [-0.4, -0.2) is 13.0 Å². The highest BCUT2D eigenvalue weighted by atomic mass is 19.1. The van der Waals surface area contributed by atoms with Crippen LogP contribution in [0.1, 0.15) is 10.4 Å². The van der Waals surface area contributed by atoms with Crippen molar-refractivity contribution >= 4 is 17.3 Å². The minimum atomic E-state index is -0.778. The summed E-state index contributed by atoms with van der Waals surface area (Å²) in [6, 6.07) is 7.29. The lowest BCUT2D eigenvalue weighted by molar-refractivity contribution is 0.102. The maximum absolute atomic E-state index is 13.1. The third-order valence-corrected chi connectivity index (χ3v) is 2.59. The van der Waals surface area contributed by atoms with E-state index in [0.29, 0.717) is 11.4 Å². The SMILES string of the molecule is COc1ccc(N)cc1C(=O)Nc1cc(F)cc(F)c1. The van der Waals surface area contributed by atoms with Gasteiger partial charge in [-0.25, -0.2) is 8.78 Å². The van der Waals surface area contributed by atoms with E-state index >= 15 is 0 Å². The second-order valence-corrected chi connectivity index (χ2v) is 4.07. The Morgan fingerprint density at radius 2 is 1.80 bits per heavy atom. The Morgan fingerprint density at radius 3 is 2.40 bits per heavy atom. The normalized spacial score (nSPS) is 10.2. The quantitative estimate of drug-likeness (QED) is 0.848. The Balaban J connectivity index is 2.30. The summed E-state index contributed by atoms with van der Waals surface area (Å²) in [5.74, 6) is -1.81. The molecule has 1 amide bonds. The maximum atomic E-state index is 13.1. The van der Waals surface area contributed by atoms with E-state index in [1.54, 1.807) is 6.07 Å². The summed E-state index contributed by atoms with van der Waals surface area (Å²) in [5, 5.41) is 2.39. The van der Waals surface area contributed by atoms with Gasteiger partial charge < -0.3 is 15.8 Å². The Kier molecular flexibility index (Phi) is 3.84. The molecule has 4 nitrogen and oxygen atoms in total. The molecule has 0 aliphatic carbocycles. The number of benzene rings is 2.